The van der Waals surface area contributed by atoms with E-state index < -0.39 is 0 Å². The topological polar surface area (TPSA) is 9.23 Å². The summed E-state index contributed by atoms with van der Waals surface area (Å²) in [7, 11) is 0. The van der Waals surface area contributed by atoms with Gasteiger partial charge in [0.1, 0.15) is 0 Å². The summed E-state index contributed by atoms with van der Waals surface area (Å²) in [4.78, 5) is 0. The molecule has 1 aromatic rings. The standard InChI is InChI=1S/C27H43FO/c1-4-6-8-20(3)29-27-18-17-25(19-26(27)28)24-15-13-23(14-16-24)22-11-9-21(7-5-2)10-12-22/h17-24H,4-16H2,1-3H3. The highest BCUT2D eigenvalue weighted by molar-refractivity contribution is 5.31. The molecule has 0 heterocycles. The van der Waals surface area contributed by atoms with Crippen LogP contribution in [-0.4, -0.2) is 6.10 Å². The van der Waals surface area contributed by atoms with Gasteiger partial charge < -0.3 is 4.74 Å². The van der Waals surface area contributed by atoms with Gasteiger partial charge in [0, 0.05) is 0 Å². The highest BCUT2D eigenvalue weighted by Gasteiger charge is 2.31. The Hall–Kier alpha value is -1.05. The van der Waals surface area contributed by atoms with Crippen LogP contribution in [0.4, 0.5) is 4.39 Å². The largest absolute Gasteiger partial charge is 0.488 e. The van der Waals surface area contributed by atoms with Crippen LogP contribution in [0.3, 0.4) is 0 Å². The van der Waals surface area contributed by atoms with Crippen LogP contribution in [0.15, 0.2) is 18.2 Å². The second-order valence-corrected chi connectivity index (χ2v) is 9.94. The van der Waals surface area contributed by atoms with Crippen molar-refractivity contribution in [3.8, 4) is 5.75 Å². The quantitative estimate of drug-likeness (QED) is 0.401. The van der Waals surface area contributed by atoms with Crippen molar-refractivity contribution in [1.29, 1.82) is 0 Å². The Bertz CT molecular complexity index is 597. The summed E-state index contributed by atoms with van der Waals surface area (Å²) < 4.78 is 20.5. The average Bonchev–Trinajstić information content (AvgIpc) is 2.75. The SMILES string of the molecule is CCCCC(C)Oc1ccc(C2CCC(C3CCC(CCC)CC3)CC2)cc1F. The van der Waals surface area contributed by atoms with E-state index in [1.807, 2.05) is 13.0 Å². The summed E-state index contributed by atoms with van der Waals surface area (Å²) in [6.07, 6.45) is 17.1. The number of ether oxygens (including phenoxy) is 1. The normalized spacial score (nSPS) is 28.8. The first-order valence-corrected chi connectivity index (χ1v) is 12.6. The molecule has 0 saturated heterocycles. The van der Waals surface area contributed by atoms with E-state index in [0.29, 0.717) is 11.7 Å². The zero-order valence-electron chi connectivity index (χ0n) is 19.1. The third kappa shape index (κ3) is 6.46. The Balaban J connectivity index is 1.47. The number of halogens is 1. The van der Waals surface area contributed by atoms with Crippen molar-refractivity contribution in [2.24, 2.45) is 17.8 Å². The maximum atomic E-state index is 14.6. The van der Waals surface area contributed by atoms with Crippen LogP contribution in [0.1, 0.15) is 116 Å². The lowest BCUT2D eigenvalue weighted by Gasteiger charge is -2.38. The summed E-state index contributed by atoms with van der Waals surface area (Å²) in [5.41, 5.74) is 1.18. The van der Waals surface area contributed by atoms with Crippen LogP contribution in [0.2, 0.25) is 0 Å². The molecule has 2 saturated carbocycles. The molecule has 0 radical (unpaired) electrons. The van der Waals surface area contributed by atoms with Gasteiger partial charge in [0.05, 0.1) is 6.10 Å². The van der Waals surface area contributed by atoms with Crippen LogP contribution >= 0.6 is 0 Å². The van der Waals surface area contributed by atoms with Crippen LogP contribution in [-0.2, 0) is 0 Å². The second-order valence-electron chi connectivity index (χ2n) is 9.94. The van der Waals surface area contributed by atoms with Crippen LogP contribution < -0.4 is 4.74 Å². The molecule has 2 fully saturated rings. The molecule has 2 heteroatoms. The number of unbranched alkanes of at least 4 members (excludes halogenated alkanes) is 1. The first kappa shape index (κ1) is 22.6. The van der Waals surface area contributed by atoms with Crippen molar-refractivity contribution < 1.29 is 9.13 Å². The fourth-order valence-electron chi connectivity index (χ4n) is 5.91. The molecule has 0 spiro atoms. The van der Waals surface area contributed by atoms with E-state index in [-0.39, 0.29) is 11.9 Å². The highest BCUT2D eigenvalue weighted by Crippen LogP contribution is 2.44. The lowest BCUT2D eigenvalue weighted by molar-refractivity contribution is 0.156. The van der Waals surface area contributed by atoms with E-state index in [4.69, 9.17) is 4.74 Å². The molecule has 0 amide bonds. The first-order valence-electron chi connectivity index (χ1n) is 12.6. The molecule has 0 aromatic heterocycles. The van der Waals surface area contributed by atoms with Crippen molar-refractivity contribution >= 4 is 0 Å². The third-order valence-corrected chi connectivity index (χ3v) is 7.75. The molecule has 0 aliphatic heterocycles. The van der Waals surface area contributed by atoms with Gasteiger partial charge in [-0.1, -0.05) is 58.4 Å². The minimum atomic E-state index is -0.179. The Morgan fingerprint density at radius 2 is 1.59 bits per heavy atom. The number of hydrogen-bond donors (Lipinski definition) is 0. The number of benzene rings is 1. The Labute approximate surface area is 178 Å². The molecule has 2 aliphatic carbocycles. The van der Waals surface area contributed by atoms with Crippen LogP contribution in [0.5, 0.6) is 5.75 Å². The average molecular weight is 403 g/mol. The van der Waals surface area contributed by atoms with Crippen molar-refractivity contribution in [2.45, 2.75) is 116 Å². The highest BCUT2D eigenvalue weighted by atomic mass is 19.1. The third-order valence-electron chi connectivity index (χ3n) is 7.75. The number of hydrogen-bond acceptors (Lipinski definition) is 1. The predicted molar refractivity (Wildman–Crippen MR) is 121 cm³/mol. The summed E-state index contributed by atoms with van der Waals surface area (Å²) in [6, 6.07) is 5.74. The summed E-state index contributed by atoms with van der Waals surface area (Å²) in [6.45, 7) is 6.54. The fraction of sp³-hybridized carbons (Fsp3) is 0.778. The van der Waals surface area contributed by atoms with Gasteiger partial charge in [-0.25, -0.2) is 4.39 Å². The van der Waals surface area contributed by atoms with Gasteiger partial charge in [-0.15, -0.1) is 0 Å². The van der Waals surface area contributed by atoms with Gasteiger partial charge in [-0.2, -0.15) is 0 Å². The van der Waals surface area contributed by atoms with Crippen molar-refractivity contribution in [2.75, 3.05) is 0 Å². The maximum Gasteiger partial charge on any atom is 0.165 e. The minimum absolute atomic E-state index is 0.0816. The molecule has 1 aromatic carbocycles. The second kappa shape index (κ2) is 11.4. The molecule has 2 aliphatic rings. The monoisotopic (exact) mass is 402 g/mol. The van der Waals surface area contributed by atoms with Crippen LogP contribution in [0, 0.1) is 23.6 Å². The van der Waals surface area contributed by atoms with E-state index >= 15 is 0 Å². The first-order chi connectivity index (χ1) is 14.1. The summed E-state index contributed by atoms with van der Waals surface area (Å²) >= 11 is 0. The van der Waals surface area contributed by atoms with Gasteiger partial charge in [0.25, 0.3) is 0 Å². The molecular weight excluding hydrogens is 359 g/mol. The molecule has 3 rings (SSSR count). The molecular formula is C27H43FO. The van der Waals surface area contributed by atoms with E-state index in [1.54, 1.807) is 6.07 Å². The van der Waals surface area contributed by atoms with Crippen LogP contribution in [0.25, 0.3) is 0 Å². The number of rotatable bonds is 9. The van der Waals surface area contributed by atoms with Gasteiger partial charge in [0.2, 0.25) is 0 Å². The van der Waals surface area contributed by atoms with E-state index in [0.717, 1.165) is 37.0 Å². The molecule has 1 nitrogen and oxygen atoms in total. The molecule has 1 unspecified atom stereocenters. The Kier molecular flexibility index (Phi) is 8.87. The van der Waals surface area contributed by atoms with Gasteiger partial charge in [-0.05, 0) is 93.2 Å². The predicted octanol–water partition coefficient (Wildman–Crippen LogP) is 8.66. The molecule has 29 heavy (non-hydrogen) atoms. The summed E-state index contributed by atoms with van der Waals surface area (Å²) in [5, 5.41) is 0. The molecule has 164 valence electrons. The fourth-order valence-corrected chi connectivity index (χ4v) is 5.91. The van der Waals surface area contributed by atoms with E-state index in [2.05, 4.69) is 19.9 Å². The molecule has 1 atom stereocenters. The minimum Gasteiger partial charge on any atom is -0.488 e. The zero-order chi connectivity index (χ0) is 20.6. The smallest absolute Gasteiger partial charge is 0.165 e. The van der Waals surface area contributed by atoms with E-state index in [9.17, 15) is 4.39 Å². The molecule has 0 bridgehead atoms. The lowest BCUT2D eigenvalue weighted by atomic mass is 9.68. The van der Waals surface area contributed by atoms with Gasteiger partial charge >= 0.3 is 0 Å². The van der Waals surface area contributed by atoms with Crippen molar-refractivity contribution in [1.82, 2.24) is 0 Å². The van der Waals surface area contributed by atoms with E-state index in [1.165, 1.54) is 69.8 Å². The van der Waals surface area contributed by atoms with Crippen molar-refractivity contribution in [3.63, 3.8) is 0 Å². The van der Waals surface area contributed by atoms with Gasteiger partial charge in [-0.3, -0.25) is 0 Å². The maximum absolute atomic E-state index is 14.6. The Morgan fingerprint density at radius 1 is 0.931 bits per heavy atom. The molecule has 0 N–H and O–H groups in total. The lowest BCUT2D eigenvalue weighted by Crippen LogP contribution is -2.25. The van der Waals surface area contributed by atoms with Gasteiger partial charge in [0.15, 0.2) is 11.6 Å². The zero-order valence-corrected chi connectivity index (χ0v) is 19.1. The summed E-state index contributed by atoms with van der Waals surface area (Å²) in [5.74, 6) is 3.66. The Morgan fingerprint density at radius 3 is 2.17 bits per heavy atom. The van der Waals surface area contributed by atoms with Crippen molar-refractivity contribution in [3.05, 3.63) is 29.6 Å².